The lowest BCUT2D eigenvalue weighted by Gasteiger charge is -2.36. The average molecular weight is 613 g/mol. The number of nitrogens with one attached hydrogen (secondary N) is 1. The van der Waals surface area contributed by atoms with E-state index < -0.39 is 11.2 Å². The van der Waals surface area contributed by atoms with Crippen LogP contribution >= 0.6 is 34.8 Å². The van der Waals surface area contributed by atoms with Crippen LogP contribution in [0.1, 0.15) is 18.4 Å². The number of rotatable bonds is 5. The van der Waals surface area contributed by atoms with Crippen molar-refractivity contribution in [2.24, 2.45) is 0 Å². The summed E-state index contributed by atoms with van der Waals surface area (Å²) in [6.45, 7) is 1.72. The van der Waals surface area contributed by atoms with Gasteiger partial charge in [-0.15, -0.1) is 0 Å². The third-order valence-corrected chi connectivity index (χ3v) is 8.76. The molecule has 0 aliphatic carbocycles. The van der Waals surface area contributed by atoms with Gasteiger partial charge in [-0.3, -0.25) is 13.8 Å². The molecule has 0 saturated carbocycles. The summed E-state index contributed by atoms with van der Waals surface area (Å²) in [6.07, 6.45) is 5.13. The highest BCUT2D eigenvalue weighted by atomic mass is 35.5. The second-order valence-corrected chi connectivity index (χ2v) is 11.6. The molecule has 10 nitrogen and oxygen atoms in total. The number of fused-ring (bicyclic) bond motifs is 4. The second-order valence-electron chi connectivity index (χ2n) is 10.3. The highest BCUT2D eigenvalue weighted by Crippen LogP contribution is 2.35. The van der Waals surface area contributed by atoms with Gasteiger partial charge in [0.05, 0.1) is 30.4 Å². The minimum absolute atomic E-state index is 0.0491. The number of halogens is 3. The maximum Gasteiger partial charge on any atom is 0.337 e. The van der Waals surface area contributed by atoms with Crippen LogP contribution in [0.5, 0.6) is 5.88 Å². The van der Waals surface area contributed by atoms with Crippen molar-refractivity contribution in [3.63, 3.8) is 0 Å². The van der Waals surface area contributed by atoms with Gasteiger partial charge in [0.2, 0.25) is 5.88 Å². The quantitative estimate of drug-likeness (QED) is 0.318. The molecule has 2 aliphatic rings. The lowest BCUT2D eigenvalue weighted by atomic mass is 10.2. The summed E-state index contributed by atoms with van der Waals surface area (Å²) >= 11 is 19.1. The Bertz CT molecular complexity index is 1950. The van der Waals surface area contributed by atoms with Gasteiger partial charge in [0.15, 0.2) is 0 Å². The number of nitrogens with zero attached hydrogens (tertiary/aromatic N) is 6. The summed E-state index contributed by atoms with van der Waals surface area (Å²) in [5.74, 6) is 1.02. The topological polar surface area (TPSA) is 98.7 Å². The van der Waals surface area contributed by atoms with E-state index in [0.29, 0.717) is 37.6 Å². The molecule has 1 aromatic carbocycles. The molecule has 1 N–H and O–H groups in total. The minimum Gasteiger partial charge on any atom is -0.480 e. The molecule has 41 heavy (non-hydrogen) atoms. The maximum atomic E-state index is 14.4. The van der Waals surface area contributed by atoms with E-state index in [0.717, 1.165) is 30.5 Å². The number of anilines is 1. The third-order valence-electron chi connectivity index (χ3n) is 7.93. The normalized spacial score (nSPS) is 18.5. The first-order valence-corrected chi connectivity index (χ1v) is 14.3. The van der Waals surface area contributed by atoms with Crippen molar-refractivity contribution < 1.29 is 4.74 Å². The van der Waals surface area contributed by atoms with Gasteiger partial charge < -0.3 is 15.0 Å². The first-order chi connectivity index (χ1) is 19.8. The minimum atomic E-state index is -0.584. The van der Waals surface area contributed by atoms with E-state index in [-0.39, 0.29) is 35.7 Å². The molecule has 0 unspecified atom stereocenters. The fraction of sp³-hybridized carbons (Fsp3) is 0.286. The van der Waals surface area contributed by atoms with Crippen LogP contribution < -0.4 is 26.2 Å². The molecule has 2 bridgehead atoms. The molecule has 13 heteroatoms. The molecule has 2 aliphatic heterocycles. The van der Waals surface area contributed by atoms with E-state index in [1.807, 2.05) is 6.07 Å². The number of hydrogen-bond donors (Lipinski definition) is 1. The number of pyridine rings is 2. The molecule has 2 fully saturated rings. The summed E-state index contributed by atoms with van der Waals surface area (Å²) in [6, 6.07) is 10.8. The van der Waals surface area contributed by atoms with Gasteiger partial charge >= 0.3 is 5.69 Å². The lowest BCUT2D eigenvalue weighted by molar-refractivity contribution is 0.400. The van der Waals surface area contributed by atoms with Gasteiger partial charge in [-0.25, -0.2) is 14.3 Å². The number of hydrogen-bond acceptors (Lipinski definition) is 7. The number of aromatic nitrogens is 5. The molecule has 2 saturated heterocycles. The highest BCUT2D eigenvalue weighted by molar-refractivity contribution is 6.33. The van der Waals surface area contributed by atoms with Crippen LogP contribution in [0.2, 0.25) is 15.1 Å². The number of benzene rings is 1. The van der Waals surface area contributed by atoms with E-state index in [9.17, 15) is 9.59 Å². The Morgan fingerprint density at radius 3 is 2.54 bits per heavy atom. The fourth-order valence-corrected chi connectivity index (χ4v) is 6.59. The van der Waals surface area contributed by atoms with E-state index in [1.165, 1.54) is 17.9 Å². The van der Waals surface area contributed by atoms with Crippen LogP contribution in [0.25, 0.3) is 22.4 Å². The molecule has 6 heterocycles. The smallest absolute Gasteiger partial charge is 0.337 e. The zero-order chi connectivity index (χ0) is 28.4. The first kappa shape index (κ1) is 26.3. The van der Waals surface area contributed by atoms with Crippen molar-refractivity contribution >= 4 is 57.2 Å². The Morgan fingerprint density at radius 1 is 1.02 bits per heavy atom. The molecule has 0 radical (unpaired) electrons. The number of imidazole rings is 1. The summed E-state index contributed by atoms with van der Waals surface area (Å²) in [5.41, 5.74) is 0.365. The van der Waals surface area contributed by atoms with Crippen molar-refractivity contribution in [2.45, 2.75) is 31.5 Å². The molecule has 210 valence electrons. The SMILES string of the molecule is COc1nc(N2[C@@H]3CC[C@H]2CNC3)cc2c1c(=O)n(-c1cnc3ccc(Cl)cn13)c(=O)n2Cc1cc(Cl)ccc1Cl. The number of ether oxygens (including phenoxy) is 1. The zero-order valence-electron chi connectivity index (χ0n) is 21.9. The van der Waals surface area contributed by atoms with Crippen LogP contribution in [0.15, 0.2) is 58.4 Å². The highest BCUT2D eigenvalue weighted by Gasteiger charge is 2.38. The van der Waals surface area contributed by atoms with Gasteiger partial charge in [0.25, 0.3) is 5.56 Å². The maximum absolute atomic E-state index is 14.4. The predicted octanol–water partition coefficient (Wildman–Crippen LogP) is 4.15. The first-order valence-electron chi connectivity index (χ1n) is 13.1. The van der Waals surface area contributed by atoms with Gasteiger partial charge in [-0.05, 0) is 48.7 Å². The molecule has 7 rings (SSSR count). The standard InChI is InChI=1S/C28H24Cl3N7O3/c1-41-26-25-21(9-23(34-26)37-18-4-5-19(37)11-32-10-18)35(13-15-8-16(29)2-6-20(15)31)28(40)38(27(25)39)24-12-33-22-7-3-17(30)14-36(22)24/h2-3,6-9,12,14,18-19,32H,4-5,10-11,13H2,1H3/t18-,19+. The monoisotopic (exact) mass is 611 g/mol. The van der Waals surface area contributed by atoms with Crippen LogP contribution in [0.3, 0.4) is 0 Å². The van der Waals surface area contributed by atoms with Crippen molar-refractivity contribution in [3.05, 3.63) is 90.3 Å². The van der Waals surface area contributed by atoms with Crippen LogP contribution in [0.4, 0.5) is 5.82 Å². The fourth-order valence-electron chi connectivity index (χ4n) is 6.06. The number of methoxy groups -OCH3 is 1. The molecule has 0 spiro atoms. The van der Waals surface area contributed by atoms with E-state index in [1.54, 1.807) is 40.9 Å². The predicted molar refractivity (Wildman–Crippen MR) is 160 cm³/mol. The van der Waals surface area contributed by atoms with Crippen molar-refractivity contribution in [1.82, 2.24) is 28.8 Å². The van der Waals surface area contributed by atoms with Crippen LogP contribution in [0, 0.1) is 0 Å². The molecule has 2 atom stereocenters. The van der Waals surface area contributed by atoms with Gasteiger partial charge in [0.1, 0.15) is 22.7 Å². The molecule has 0 amide bonds. The Kier molecular flexibility index (Phi) is 6.46. The van der Waals surface area contributed by atoms with E-state index in [2.05, 4.69) is 15.2 Å². The average Bonchev–Trinajstić information content (AvgIpc) is 3.48. The van der Waals surface area contributed by atoms with Crippen LogP contribution in [-0.4, -0.2) is 55.8 Å². The Labute approximate surface area is 248 Å². The summed E-state index contributed by atoms with van der Waals surface area (Å²) in [5, 5.41) is 4.97. The van der Waals surface area contributed by atoms with Crippen molar-refractivity contribution in [2.75, 3.05) is 25.1 Å². The zero-order valence-corrected chi connectivity index (χ0v) is 24.1. The lowest BCUT2D eigenvalue weighted by Crippen LogP contribution is -2.52. The van der Waals surface area contributed by atoms with Gasteiger partial charge in [0, 0.05) is 47.5 Å². The Balaban J connectivity index is 1.55. The summed E-state index contributed by atoms with van der Waals surface area (Å²) < 4.78 is 9.90. The molecular weight excluding hydrogens is 589 g/mol. The number of piperazine rings is 1. The van der Waals surface area contributed by atoms with Crippen LogP contribution in [-0.2, 0) is 6.54 Å². The van der Waals surface area contributed by atoms with Crippen molar-refractivity contribution in [3.8, 4) is 11.7 Å². The van der Waals surface area contributed by atoms with Gasteiger partial charge in [-0.2, -0.15) is 4.98 Å². The largest absolute Gasteiger partial charge is 0.480 e. The Hall–Kier alpha value is -3.57. The Morgan fingerprint density at radius 2 is 1.78 bits per heavy atom. The van der Waals surface area contributed by atoms with E-state index in [4.69, 9.17) is 44.5 Å². The second kappa shape index (κ2) is 10.1. The summed E-state index contributed by atoms with van der Waals surface area (Å²) in [4.78, 5) is 40.0. The summed E-state index contributed by atoms with van der Waals surface area (Å²) in [7, 11) is 1.47. The molecular formula is C28H24Cl3N7O3. The van der Waals surface area contributed by atoms with Gasteiger partial charge in [-0.1, -0.05) is 34.8 Å². The molecule has 5 aromatic rings. The molecule has 4 aromatic heterocycles. The van der Waals surface area contributed by atoms with Crippen molar-refractivity contribution in [1.29, 1.82) is 0 Å². The van der Waals surface area contributed by atoms with E-state index >= 15 is 0 Å². The third kappa shape index (κ3) is 4.28.